The summed E-state index contributed by atoms with van der Waals surface area (Å²) < 4.78 is 8.65. The molecule has 0 aliphatic heterocycles. The van der Waals surface area contributed by atoms with Gasteiger partial charge in [0.15, 0.2) is 28.9 Å². The summed E-state index contributed by atoms with van der Waals surface area (Å²) in [4.78, 5) is 25.6. The smallest absolute Gasteiger partial charge is 0.180 e. The lowest BCUT2D eigenvalue weighted by Gasteiger charge is -2.10. The zero-order valence-corrected chi connectivity index (χ0v) is 30.6. The first kappa shape index (κ1) is 32.1. The van der Waals surface area contributed by atoms with Crippen LogP contribution in [0, 0.1) is 0 Å². The first-order valence-electron chi connectivity index (χ1n) is 18.4. The van der Waals surface area contributed by atoms with E-state index in [0.29, 0.717) is 28.9 Å². The third-order valence-electron chi connectivity index (χ3n) is 10.2. The van der Waals surface area contributed by atoms with Crippen molar-refractivity contribution >= 4 is 53.6 Å². The molecule has 11 aromatic rings. The van der Waals surface area contributed by atoms with Crippen LogP contribution in [0.5, 0.6) is 0 Å². The molecule has 0 atom stereocenters. The summed E-state index contributed by atoms with van der Waals surface area (Å²) in [5.74, 6) is 2.52. The van der Waals surface area contributed by atoms with E-state index in [1.54, 1.807) is 11.3 Å². The second kappa shape index (κ2) is 13.2. The van der Waals surface area contributed by atoms with Crippen molar-refractivity contribution in [3.8, 4) is 67.9 Å². The van der Waals surface area contributed by atoms with Crippen molar-refractivity contribution in [3.63, 3.8) is 0 Å². The van der Waals surface area contributed by atoms with E-state index in [1.807, 2.05) is 72.8 Å². The molecule has 4 aromatic heterocycles. The Morgan fingerprint density at radius 3 is 1.73 bits per heavy atom. The molecule has 7 aromatic carbocycles. The van der Waals surface area contributed by atoms with E-state index in [1.165, 1.54) is 0 Å². The van der Waals surface area contributed by atoms with E-state index in [4.69, 9.17) is 29.3 Å². The van der Waals surface area contributed by atoms with Crippen molar-refractivity contribution in [2.75, 3.05) is 0 Å². The average molecular weight is 736 g/mol. The average Bonchev–Trinajstić information content (AvgIpc) is 3.85. The second-order valence-electron chi connectivity index (χ2n) is 13.7. The van der Waals surface area contributed by atoms with E-state index in [0.717, 1.165) is 81.3 Å². The van der Waals surface area contributed by atoms with Crippen molar-refractivity contribution in [1.29, 1.82) is 0 Å². The van der Waals surface area contributed by atoms with Gasteiger partial charge < -0.3 is 4.42 Å². The number of benzene rings is 7. The first-order chi connectivity index (χ1) is 27.7. The molecule has 0 fully saturated rings. The number of rotatable bonds is 6. The van der Waals surface area contributed by atoms with Gasteiger partial charge in [-0.3, -0.25) is 0 Å². The van der Waals surface area contributed by atoms with Gasteiger partial charge in [0.25, 0.3) is 0 Å². The van der Waals surface area contributed by atoms with Crippen LogP contribution in [0.2, 0.25) is 0 Å². The third kappa shape index (κ3) is 5.52. The Morgan fingerprint density at radius 2 is 0.964 bits per heavy atom. The van der Waals surface area contributed by atoms with Gasteiger partial charge in [0.05, 0.1) is 0 Å². The fourth-order valence-electron chi connectivity index (χ4n) is 7.44. The lowest BCUT2D eigenvalue weighted by Crippen LogP contribution is -2.00. The number of thiophene rings is 1. The van der Waals surface area contributed by atoms with E-state index < -0.39 is 0 Å². The van der Waals surface area contributed by atoms with Gasteiger partial charge in [-0.25, -0.2) is 24.9 Å². The maximum atomic E-state index is 6.38. The fraction of sp³-hybridized carbons (Fsp3) is 0. The Balaban J connectivity index is 1.07. The van der Waals surface area contributed by atoms with Gasteiger partial charge in [-0.15, -0.1) is 11.3 Å². The topological polar surface area (TPSA) is 77.6 Å². The predicted molar refractivity (Wildman–Crippen MR) is 228 cm³/mol. The number of hydrogen-bond donors (Lipinski definition) is 0. The van der Waals surface area contributed by atoms with Crippen LogP contribution in [0.25, 0.3) is 110 Å². The second-order valence-corrected chi connectivity index (χ2v) is 14.7. The van der Waals surface area contributed by atoms with Crippen molar-refractivity contribution < 1.29 is 4.42 Å². The van der Waals surface area contributed by atoms with Gasteiger partial charge in [0, 0.05) is 53.4 Å². The molecule has 0 spiro atoms. The number of nitrogens with zero attached hydrogens (tertiary/aromatic N) is 5. The Labute approximate surface area is 325 Å². The molecule has 0 saturated heterocycles. The molecule has 0 unspecified atom stereocenters. The van der Waals surface area contributed by atoms with Gasteiger partial charge in [0.1, 0.15) is 16.8 Å². The van der Waals surface area contributed by atoms with Crippen LogP contribution in [0.4, 0.5) is 0 Å². The molecular formula is C49H29N5OS. The molecule has 7 heteroatoms. The molecule has 0 aliphatic rings. The van der Waals surface area contributed by atoms with Crippen molar-refractivity contribution in [2.24, 2.45) is 0 Å². The van der Waals surface area contributed by atoms with Gasteiger partial charge in [-0.2, -0.15) is 0 Å². The molecule has 0 N–H and O–H groups in total. The number of hydrogen-bond acceptors (Lipinski definition) is 7. The quantitative estimate of drug-likeness (QED) is 0.169. The maximum absolute atomic E-state index is 6.38. The van der Waals surface area contributed by atoms with Crippen LogP contribution < -0.4 is 0 Å². The normalized spacial score (nSPS) is 11.6. The van der Waals surface area contributed by atoms with E-state index in [2.05, 4.69) is 103 Å². The van der Waals surface area contributed by atoms with Gasteiger partial charge >= 0.3 is 0 Å². The molecule has 6 nitrogen and oxygen atoms in total. The molecule has 56 heavy (non-hydrogen) atoms. The predicted octanol–water partition coefficient (Wildman–Crippen LogP) is 12.9. The largest absolute Gasteiger partial charge is 0.452 e. The Morgan fingerprint density at radius 1 is 0.375 bits per heavy atom. The summed E-state index contributed by atoms with van der Waals surface area (Å²) in [7, 11) is 0. The molecule has 0 aliphatic carbocycles. The van der Waals surface area contributed by atoms with Crippen LogP contribution in [0.15, 0.2) is 180 Å². The van der Waals surface area contributed by atoms with Gasteiger partial charge in [-0.1, -0.05) is 133 Å². The molecule has 0 amide bonds. The van der Waals surface area contributed by atoms with Crippen LogP contribution in [-0.4, -0.2) is 24.9 Å². The lowest BCUT2D eigenvalue weighted by molar-refractivity contribution is 0.667. The van der Waals surface area contributed by atoms with E-state index >= 15 is 0 Å². The molecule has 4 heterocycles. The zero-order valence-electron chi connectivity index (χ0n) is 29.8. The minimum absolute atomic E-state index is 0.615. The Hall–Kier alpha value is -7.35. The minimum atomic E-state index is 0.615. The Bertz CT molecular complexity index is 3250. The SMILES string of the molecule is c1ccc(-c2cccc(-c3nc(-c4ccccc4)nc(-c4ccc5sc6c(-c7nc(-c8ccccc8)c8oc9ccccc9c8n7)cccc6c5c4)n3)c2)cc1. The summed E-state index contributed by atoms with van der Waals surface area (Å²) in [6.07, 6.45) is 0. The maximum Gasteiger partial charge on any atom is 0.180 e. The van der Waals surface area contributed by atoms with Crippen LogP contribution in [0.1, 0.15) is 0 Å². The van der Waals surface area contributed by atoms with Crippen LogP contribution >= 0.6 is 11.3 Å². The number of para-hydroxylation sites is 1. The monoisotopic (exact) mass is 735 g/mol. The number of aromatic nitrogens is 5. The standard InChI is InChI=1S/C49H29N5OS/c1-4-14-30(15-5-1)33-20-12-21-34(28-33)47-52-46(32-18-8-3-9-19-32)53-48(54-47)35-26-27-41-39(29-35)36-23-13-24-38(45(36)56-41)49-50-42(31-16-6-2-7-17-31)44-43(51-49)37-22-10-11-25-40(37)55-44/h1-29H. The number of fused-ring (bicyclic) bond motifs is 6. The first-order valence-corrected chi connectivity index (χ1v) is 19.2. The number of furan rings is 1. The fourth-order valence-corrected chi connectivity index (χ4v) is 8.63. The Kier molecular flexibility index (Phi) is 7.57. The van der Waals surface area contributed by atoms with Crippen LogP contribution in [-0.2, 0) is 0 Å². The van der Waals surface area contributed by atoms with Gasteiger partial charge in [0.2, 0.25) is 0 Å². The van der Waals surface area contributed by atoms with E-state index in [-0.39, 0.29) is 0 Å². The van der Waals surface area contributed by atoms with Gasteiger partial charge in [-0.05, 0) is 53.6 Å². The summed E-state index contributed by atoms with van der Waals surface area (Å²) in [6, 6.07) is 60.0. The molecule has 0 radical (unpaired) electrons. The highest BCUT2D eigenvalue weighted by Crippen LogP contribution is 2.42. The van der Waals surface area contributed by atoms with E-state index in [9.17, 15) is 0 Å². The minimum Gasteiger partial charge on any atom is -0.452 e. The molecule has 0 bridgehead atoms. The summed E-state index contributed by atoms with van der Waals surface area (Å²) in [5, 5.41) is 3.21. The molecular weight excluding hydrogens is 707 g/mol. The summed E-state index contributed by atoms with van der Waals surface area (Å²) in [6.45, 7) is 0. The highest BCUT2D eigenvalue weighted by Gasteiger charge is 2.21. The van der Waals surface area contributed by atoms with Crippen LogP contribution in [0.3, 0.4) is 0 Å². The lowest BCUT2D eigenvalue weighted by atomic mass is 10.0. The molecule has 0 saturated carbocycles. The molecule has 11 rings (SSSR count). The third-order valence-corrected chi connectivity index (χ3v) is 11.4. The molecule has 262 valence electrons. The zero-order chi connectivity index (χ0) is 37.0. The summed E-state index contributed by atoms with van der Waals surface area (Å²) in [5.41, 5.74) is 10.0. The highest BCUT2D eigenvalue weighted by atomic mass is 32.1. The van der Waals surface area contributed by atoms with Crippen molar-refractivity contribution in [2.45, 2.75) is 0 Å². The van der Waals surface area contributed by atoms with Crippen molar-refractivity contribution in [3.05, 3.63) is 176 Å². The highest BCUT2D eigenvalue weighted by molar-refractivity contribution is 7.26. The summed E-state index contributed by atoms with van der Waals surface area (Å²) >= 11 is 1.74. The van der Waals surface area contributed by atoms with Crippen molar-refractivity contribution in [1.82, 2.24) is 24.9 Å².